The molecule has 0 atom stereocenters. The molecule has 2 aromatic rings. The molecule has 0 unspecified atom stereocenters. The lowest BCUT2D eigenvalue weighted by Gasteiger charge is -2.25. The van der Waals surface area contributed by atoms with Crippen molar-refractivity contribution in [2.45, 2.75) is 46.0 Å². The number of anilines is 1. The second-order valence-electron chi connectivity index (χ2n) is 8.17. The van der Waals surface area contributed by atoms with Gasteiger partial charge >= 0.3 is 0 Å². The van der Waals surface area contributed by atoms with E-state index in [9.17, 15) is 23.2 Å². The largest absolute Gasteiger partial charge is 0.455 e. The van der Waals surface area contributed by atoms with E-state index in [4.69, 9.17) is 4.74 Å². The van der Waals surface area contributed by atoms with Crippen LogP contribution in [0.1, 0.15) is 51.5 Å². The molecule has 1 aliphatic rings. The summed E-state index contributed by atoms with van der Waals surface area (Å²) >= 11 is 0. The number of halogens is 2. The molecule has 31 heavy (non-hydrogen) atoms. The van der Waals surface area contributed by atoms with Crippen LogP contribution in [-0.4, -0.2) is 17.7 Å². The van der Waals surface area contributed by atoms with E-state index in [1.165, 1.54) is 0 Å². The minimum atomic E-state index is -0.972. The average molecular weight is 430 g/mol. The number of amides is 3. The maximum Gasteiger partial charge on any atom is 0.230 e. The summed E-state index contributed by atoms with van der Waals surface area (Å²) in [5, 5.41) is 4.75. The van der Waals surface area contributed by atoms with Crippen LogP contribution in [0.15, 0.2) is 36.4 Å². The molecule has 0 aromatic heterocycles. The first-order valence-corrected chi connectivity index (χ1v) is 10.0. The topological polar surface area (TPSA) is 84.5 Å². The Morgan fingerprint density at radius 1 is 1.13 bits per heavy atom. The van der Waals surface area contributed by atoms with Crippen molar-refractivity contribution in [1.82, 2.24) is 5.32 Å². The van der Waals surface area contributed by atoms with Crippen molar-refractivity contribution < 1.29 is 27.9 Å². The van der Waals surface area contributed by atoms with Gasteiger partial charge in [0.1, 0.15) is 17.3 Å². The molecule has 8 heteroatoms. The molecule has 1 fully saturated rings. The van der Waals surface area contributed by atoms with Crippen LogP contribution in [-0.2, 0) is 14.4 Å². The summed E-state index contributed by atoms with van der Waals surface area (Å²) in [5.41, 5.74) is -0.493. The molecule has 164 valence electrons. The van der Waals surface area contributed by atoms with Crippen molar-refractivity contribution in [3.05, 3.63) is 53.6 Å². The number of para-hydroxylation sites is 1. The van der Waals surface area contributed by atoms with Crippen LogP contribution in [0.2, 0.25) is 0 Å². The molecule has 3 amide bonds. The van der Waals surface area contributed by atoms with E-state index in [0.717, 1.165) is 6.07 Å². The number of hydrogen-bond acceptors (Lipinski definition) is 4. The summed E-state index contributed by atoms with van der Waals surface area (Å²) in [6.45, 7) is 5.26. The highest BCUT2D eigenvalue weighted by Gasteiger charge is 2.30. The molecule has 3 rings (SSSR count). The third kappa shape index (κ3) is 5.07. The van der Waals surface area contributed by atoms with Crippen molar-refractivity contribution >= 4 is 23.4 Å². The number of piperidine rings is 1. The Balaban J connectivity index is 1.98. The van der Waals surface area contributed by atoms with Gasteiger partial charge in [0.2, 0.25) is 17.7 Å². The third-order valence-electron chi connectivity index (χ3n) is 5.48. The van der Waals surface area contributed by atoms with Crippen LogP contribution in [0.5, 0.6) is 11.5 Å². The number of rotatable bonds is 6. The van der Waals surface area contributed by atoms with Crippen molar-refractivity contribution in [3.63, 3.8) is 0 Å². The molecular formula is C23H24F2N2O4. The smallest absolute Gasteiger partial charge is 0.230 e. The fourth-order valence-electron chi connectivity index (χ4n) is 3.22. The first kappa shape index (κ1) is 22.4. The van der Waals surface area contributed by atoms with E-state index >= 15 is 0 Å². The summed E-state index contributed by atoms with van der Waals surface area (Å²) < 4.78 is 34.4. The van der Waals surface area contributed by atoms with Gasteiger partial charge in [0.15, 0.2) is 11.6 Å². The van der Waals surface area contributed by atoms with Gasteiger partial charge in [0, 0.05) is 36.3 Å². The van der Waals surface area contributed by atoms with Gasteiger partial charge in [-0.25, -0.2) is 8.78 Å². The highest BCUT2D eigenvalue weighted by atomic mass is 19.1. The zero-order chi connectivity index (χ0) is 22.8. The lowest BCUT2D eigenvalue weighted by molar-refractivity contribution is -0.133. The summed E-state index contributed by atoms with van der Waals surface area (Å²) in [6.07, 6.45) is 0.675. The second kappa shape index (κ2) is 8.83. The van der Waals surface area contributed by atoms with Gasteiger partial charge in [-0.3, -0.25) is 19.7 Å². The normalized spacial score (nSPS) is 14.9. The SMILES string of the molecule is CCC(C)(C)C(=O)Nc1c(F)cc(F)cc1Oc1ccccc1C1CC(=O)NC(=O)C1. The third-order valence-corrected chi connectivity index (χ3v) is 5.48. The maximum absolute atomic E-state index is 14.6. The Morgan fingerprint density at radius 2 is 1.77 bits per heavy atom. The molecule has 0 radical (unpaired) electrons. The van der Waals surface area contributed by atoms with Gasteiger partial charge in [-0.1, -0.05) is 39.0 Å². The molecule has 2 aromatic carbocycles. The fourth-order valence-corrected chi connectivity index (χ4v) is 3.22. The lowest BCUT2D eigenvalue weighted by atomic mass is 9.89. The van der Waals surface area contributed by atoms with Crippen LogP contribution < -0.4 is 15.4 Å². The van der Waals surface area contributed by atoms with Gasteiger partial charge < -0.3 is 10.1 Å². The van der Waals surface area contributed by atoms with Gasteiger partial charge in [0.05, 0.1) is 0 Å². The fraction of sp³-hybridized carbons (Fsp3) is 0.348. The van der Waals surface area contributed by atoms with Crippen molar-refractivity contribution in [2.24, 2.45) is 5.41 Å². The molecule has 0 spiro atoms. The van der Waals surface area contributed by atoms with Gasteiger partial charge in [-0.05, 0) is 18.1 Å². The summed E-state index contributed by atoms with van der Waals surface area (Å²) in [4.78, 5) is 36.2. The Hall–Kier alpha value is -3.29. The van der Waals surface area contributed by atoms with E-state index in [0.29, 0.717) is 18.1 Å². The summed E-state index contributed by atoms with van der Waals surface area (Å²) in [5.74, 6) is -3.49. The van der Waals surface area contributed by atoms with Crippen molar-refractivity contribution in [2.75, 3.05) is 5.32 Å². The molecule has 1 heterocycles. The standard InChI is InChI=1S/C23H24F2N2O4/c1-4-23(2,3)22(30)27-21-16(25)11-14(24)12-18(21)31-17-8-6-5-7-15(17)13-9-19(28)26-20(29)10-13/h5-8,11-13H,4,9-10H2,1-3H3,(H,27,30)(H,26,28,29). The molecule has 1 saturated heterocycles. The number of hydrogen-bond donors (Lipinski definition) is 2. The lowest BCUT2D eigenvalue weighted by Crippen LogP contribution is -2.37. The van der Waals surface area contributed by atoms with Crippen LogP contribution in [0.25, 0.3) is 0 Å². The molecular weight excluding hydrogens is 406 g/mol. The first-order valence-electron chi connectivity index (χ1n) is 10.0. The van der Waals surface area contributed by atoms with Crippen LogP contribution in [0.3, 0.4) is 0 Å². The van der Waals surface area contributed by atoms with E-state index in [-0.39, 0.29) is 30.0 Å². The number of nitrogens with one attached hydrogen (secondary N) is 2. The monoisotopic (exact) mass is 430 g/mol. The summed E-state index contributed by atoms with van der Waals surface area (Å²) in [7, 11) is 0. The van der Waals surface area contributed by atoms with E-state index in [1.807, 2.05) is 6.92 Å². The molecule has 0 saturated carbocycles. The Kier molecular flexibility index (Phi) is 6.38. The minimum absolute atomic E-state index is 0.0813. The molecule has 0 aliphatic carbocycles. The average Bonchev–Trinajstić information content (AvgIpc) is 2.70. The van der Waals surface area contributed by atoms with Gasteiger partial charge in [0.25, 0.3) is 0 Å². The Labute approximate surface area is 179 Å². The van der Waals surface area contributed by atoms with Crippen LogP contribution in [0.4, 0.5) is 14.5 Å². The van der Waals surface area contributed by atoms with E-state index < -0.39 is 40.7 Å². The first-order chi connectivity index (χ1) is 14.6. The zero-order valence-electron chi connectivity index (χ0n) is 17.6. The number of carbonyl (C=O) groups excluding carboxylic acids is 3. The minimum Gasteiger partial charge on any atom is -0.455 e. The zero-order valence-corrected chi connectivity index (χ0v) is 17.6. The number of benzene rings is 2. The predicted molar refractivity (Wildman–Crippen MR) is 111 cm³/mol. The van der Waals surface area contributed by atoms with Crippen LogP contribution >= 0.6 is 0 Å². The second-order valence-corrected chi connectivity index (χ2v) is 8.17. The molecule has 1 aliphatic heterocycles. The number of ether oxygens (including phenoxy) is 1. The van der Waals surface area contributed by atoms with Crippen molar-refractivity contribution in [1.29, 1.82) is 0 Å². The maximum atomic E-state index is 14.6. The quantitative estimate of drug-likeness (QED) is 0.654. The van der Waals surface area contributed by atoms with Gasteiger partial charge in [-0.2, -0.15) is 0 Å². The number of imide groups is 1. The van der Waals surface area contributed by atoms with Gasteiger partial charge in [-0.15, -0.1) is 0 Å². The highest BCUT2D eigenvalue weighted by Crippen LogP contribution is 2.39. The highest BCUT2D eigenvalue weighted by molar-refractivity contribution is 5.98. The van der Waals surface area contributed by atoms with Crippen LogP contribution in [0, 0.1) is 17.0 Å². The Morgan fingerprint density at radius 3 is 2.42 bits per heavy atom. The summed E-state index contributed by atoms with van der Waals surface area (Å²) in [6, 6.07) is 8.30. The Bertz CT molecular complexity index is 1020. The van der Waals surface area contributed by atoms with E-state index in [1.54, 1.807) is 38.1 Å². The number of carbonyl (C=O) groups is 3. The molecule has 2 N–H and O–H groups in total. The molecule has 6 nitrogen and oxygen atoms in total. The molecule has 0 bridgehead atoms. The van der Waals surface area contributed by atoms with E-state index in [2.05, 4.69) is 10.6 Å². The predicted octanol–water partition coefficient (Wildman–Crippen LogP) is 4.65. The van der Waals surface area contributed by atoms with Crippen molar-refractivity contribution in [3.8, 4) is 11.5 Å².